The summed E-state index contributed by atoms with van der Waals surface area (Å²) in [6, 6.07) is 8.67. The molecular weight excluding hydrogens is 330 g/mol. The molecule has 21 heavy (non-hydrogen) atoms. The number of nitrogens with one attached hydrogen (secondary N) is 1. The lowest BCUT2D eigenvalue weighted by molar-refractivity contribution is 0.413. The summed E-state index contributed by atoms with van der Waals surface area (Å²) < 4.78 is 8.39. The second kappa shape index (κ2) is 6.03. The van der Waals surface area contributed by atoms with E-state index in [0.29, 0.717) is 0 Å². The van der Waals surface area contributed by atoms with E-state index in [-0.39, 0.29) is 6.04 Å². The maximum atomic E-state index is 4.99. The Bertz CT molecular complexity index is 747. The first kappa shape index (κ1) is 14.4. The van der Waals surface area contributed by atoms with Crippen LogP contribution in [-0.4, -0.2) is 16.3 Å². The summed E-state index contributed by atoms with van der Waals surface area (Å²) in [6.45, 7) is 5.91. The average Bonchev–Trinajstić information content (AvgIpc) is 3.06. The number of fused-ring (bicyclic) bond motifs is 1. The van der Waals surface area contributed by atoms with Crippen molar-refractivity contribution < 1.29 is 4.52 Å². The van der Waals surface area contributed by atoms with Gasteiger partial charge >= 0.3 is 0 Å². The van der Waals surface area contributed by atoms with E-state index in [0.717, 1.165) is 28.8 Å². The molecule has 1 aromatic carbocycles. The molecule has 0 aliphatic heterocycles. The van der Waals surface area contributed by atoms with Crippen LogP contribution in [0.4, 0.5) is 0 Å². The average molecular weight is 348 g/mol. The van der Waals surface area contributed by atoms with Crippen LogP contribution < -0.4 is 5.32 Å². The van der Waals surface area contributed by atoms with Crippen molar-refractivity contribution in [1.29, 1.82) is 0 Å². The molecule has 0 radical (unpaired) electrons. The van der Waals surface area contributed by atoms with Gasteiger partial charge in [0.2, 0.25) is 0 Å². The van der Waals surface area contributed by atoms with Gasteiger partial charge in [-0.3, -0.25) is 0 Å². The van der Waals surface area contributed by atoms with Crippen LogP contribution in [0.3, 0.4) is 0 Å². The van der Waals surface area contributed by atoms with Gasteiger partial charge in [0.05, 0.1) is 5.69 Å². The van der Waals surface area contributed by atoms with Crippen molar-refractivity contribution >= 4 is 26.8 Å². The van der Waals surface area contributed by atoms with E-state index >= 15 is 0 Å². The SMILES string of the molecule is Cc1nocc1C(C)NCCn1ccc2c(Br)cccc21. The maximum absolute atomic E-state index is 4.99. The van der Waals surface area contributed by atoms with Crippen molar-refractivity contribution in [2.45, 2.75) is 26.4 Å². The highest BCUT2D eigenvalue weighted by molar-refractivity contribution is 9.10. The number of aromatic nitrogens is 2. The molecule has 0 aliphatic rings. The Morgan fingerprint density at radius 3 is 3.00 bits per heavy atom. The number of halogens is 1. The van der Waals surface area contributed by atoms with Crippen LogP contribution in [0, 0.1) is 6.92 Å². The van der Waals surface area contributed by atoms with E-state index in [2.05, 4.69) is 68.4 Å². The fourth-order valence-electron chi connectivity index (χ4n) is 2.61. The molecule has 5 heteroatoms. The van der Waals surface area contributed by atoms with Gasteiger partial charge in [0, 0.05) is 46.3 Å². The summed E-state index contributed by atoms with van der Waals surface area (Å²) in [4.78, 5) is 0. The number of benzene rings is 1. The molecular formula is C16H18BrN3O. The summed E-state index contributed by atoms with van der Waals surface area (Å²) in [5, 5.41) is 8.68. The molecule has 0 fully saturated rings. The van der Waals surface area contributed by atoms with Gasteiger partial charge in [-0.15, -0.1) is 0 Å². The van der Waals surface area contributed by atoms with Crippen molar-refractivity contribution in [2.75, 3.05) is 6.54 Å². The minimum atomic E-state index is 0.241. The van der Waals surface area contributed by atoms with Gasteiger partial charge in [0.25, 0.3) is 0 Å². The van der Waals surface area contributed by atoms with Gasteiger partial charge in [-0.25, -0.2) is 0 Å². The number of hydrogen-bond donors (Lipinski definition) is 1. The Morgan fingerprint density at radius 1 is 1.38 bits per heavy atom. The third kappa shape index (κ3) is 2.89. The van der Waals surface area contributed by atoms with Crippen LogP contribution >= 0.6 is 15.9 Å². The summed E-state index contributed by atoms with van der Waals surface area (Å²) in [6.07, 6.45) is 3.85. The molecule has 2 aromatic heterocycles. The Hall–Kier alpha value is -1.59. The molecule has 0 aliphatic carbocycles. The predicted molar refractivity (Wildman–Crippen MR) is 87.3 cm³/mol. The summed E-state index contributed by atoms with van der Waals surface area (Å²) in [7, 11) is 0. The minimum Gasteiger partial charge on any atom is -0.364 e. The van der Waals surface area contributed by atoms with E-state index in [1.165, 1.54) is 10.9 Å². The van der Waals surface area contributed by atoms with Crippen LogP contribution in [0.5, 0.6) is 0 Å². The van der Waals surface area contributed by atoms with Gasteiger partial charge < -0.3 is 14.4 Å². The summed E-state index contributed by atoms with van der Waals surface area (Å²) >= 11 is 3.59. The van der Waals surface area contributed by atoms with E-state index in [9.17, 15) is 0 Å². The van der Waals surface area contributed by atoms with Crippen molar-refractivity contribution in [3.63, 3.8) is 0 Å². The highest BCUT2D eigenvalue weighted by Gasteiger charge is 2.11. The fraction of sp³-hybridized carbons (Fsp3) is 0.312. The minimum absolute atomic E-state index is 0.241. The van der Waals surface area contributed by atoms with Gasteiger partial charge in [-0.2, -0.15) is 0 Å². The lowest BCUT2D eigenvalue weighted by Crippen LogP contribution is -2.23. The molecule has 0 bridgehead atoms. The van der Waals surface area contributed by atoms with Gasteiger partial charge in [0.1, 0.15) is 6.26 Å². The Balaban J connectivity index is 1.65. The van der Waals surface area contributed by atoms with Gasteiger partial charge in [-0.05, 0) is 32.0 Å². The van der Waals surface area contributed by atoms with Crippen molar-refractivity contribution in [2.24, 2.45) is 0 Å². The van der Waals surface area contributed by atoms with E-state index in [1.807, 2.05) is 6.92 Å². The number of nitrogens with zero attached hydrogens (tertiary/aromatic N) is 2. The third-order valence-electron chi connectivity index (χ3n) is 3.82. The van der Waals surface area contributed by atoms with Crippen molar-refractivity contribution in [1.82, 2.24) is 15.0 Å². The zero-order valence-corrected chi connectivity index (χ0v) is 13.7. The Morgan fingerprint density at radius 2 is 2.24 bits per heavy atom. The van der Waals surface area contributed by atoms with Crippen molar-refractivity contribution in [3.05, 3.63) is 52.5 Å². The molecule has 1 atom stereocenters. The lowest BCUT2D eigenvalue weighted by atomic mass is 10.1. The largest absolute Gasteiger partial charge is 0.364 e. The molecule has 0 saturated carbocycles. The molecule has 2 heterocycles. The molecule has 3 rings (SSSR count). The fourth-order valence-corrected chi connectivity index (χ4v) is 3.10. The molecule has 3 aromatic rings. The maximum Gasteiger partial charge on any atom is 0.128 e. The van der Waals surface area contributed by atoms with Crippen LogP contribution in [0.2, 0.25) is 0 Å². The standard InChI is InChI=1S/C16H18BrN3O/c1-11(14-10-21-19-12(14)2)18-7-9-20-8-6-13-15(17)4-3-5-16(13)20/h3-6,8,10-11,18H,7,9H2,1-2H3. The lowest BCUT2D eigenvalue weighted by Gasteiger charge is -2.13. The van der Waals surface area contributed by atoms with Crippen molar-refractivity contribution in [3.8, 4) is 0 Å². The summed E-state index contributed by atoms with van der Waals surface area (Å²) in [5.74, 6) is 0. The van der Waals surface area contributed by atoms with Crippen LogP contribution in [-0.2, 0) is 6.54 Å². The first-order chi connectivity index (χ1) is 10.2. The zero-order valence-electron chi connectivity index (χ0n) is 12.1. The van der Waals surface area contributed by atoms with Gasteiger partial charge in [-0.1, -0.05) is 27.2 Å². The quantitative estimate of drug-likeness (QED) is 0.756. The molecule has 0 spiro atoms. The molecule has 0 amide bonds. The highest BCUT2D eigenvalue weighted by atomic mass is 79.9. The number of hydrogen-bond acceptors (Lipinski definition) is 3. The van der Waals surface area contributed by atoms with E-state index < -0.39 is 0 Å². The van der Waals surface area contributed by atoms with E-state index in [4.69, 9.17) is 4.52 Å². The predicted octanol–water partition coefficient (Wildman–Crippen LogP) is 4.05. The molecule has 110 valence electrons. The highest BCUT2D eigenvalue weighted by Crippen LogP contribution is 2.24. The summed E-state index contributed by atoms with van der Waals surface area (Å²) in [5.41, 5.74) is 3.32. The molecule has 0 saturated heterocycles. The second-order valence-corrected chi connectivity index (χ2v) is 6.07. The van der Waals surface area contributed by atoms with Crippen LogP contribution in [0.15, 0.2) is 45.7 Å². The van der Waals surface area contributed by atoms with Crippen LogP contribution in [0.1, 0.15) is 24.2 Å². The first-order valence-electron chi connectivity index (χ1n) is 7.04. The first-order valence-corrected chi connectivity index (χ1v) is 7.83. The molecule has 4 nitrogen and oxygen atoms in total. The molecule has 1 unspecified atom stereocenters. The smallest absolute Gasteiger partial charge is 0.128 e. The monoisotopic (exact) mass is 347 g/mol. The topological polar surface area (TPSA) is 43.0 Å². The number of aryl methyl sites for hydroxylation is 1. The number of rotatable bonds is 5. The molecule has 1 N–H and O–H groups in total. The normalized spacial score (nSPS) is 12.9. The van der Waals surface area contributed by atoms with E-state index in [1.54, 1.807) is 6.26 Å². The van der Waals surface area contributed by atoms with Crippen LogP contribution in [0.25, 0.3) is 10.9 Å². The second-order valence-electron chi connectivity index (χ2n) is 5.21. The van der Waals surface area contributed by atoms with Gasteiger partial charge in [0.15, 0.2) is 0 Å². The Labute approximate surface area is 132 Å². The third-order valence-corrected chi connectivity index (χ3v) is 4.51. The zero-order chi connectivity index (χ0) is 14.8. The Kier molecular flexibility index (Phi) is 4.12.